The zero-order valence-electron chi connectivity index (χ0n) is 10.4. The summed E-state index contributed by atoms with van der Waals surface area (Å²) in [6.07, 6.45) is 0. The Morgan fingerprint density at radius 1 is 1.50 bits per heavy atom. The summed E-state index contributed by atoms with van der Waals surface area (Å²) >= 11 is 1.24. The summed E-state index contributed by atoms with van der Waals surface area (Å²) in [5, 5.41) is 15.7. The largest absolute Gasteiger partial charge is 0.318 e. The Hall–Kier alpha value is -2.52. The maximum atomic E-state index is 12.1. The van der Waals surface area contributed by atoms with E-state index in [4.69, 9.17) is 5.84 Å². The SMILES string of the molecule is Cc1csc(NC(=O)c2cccc(NN)c2[N+](=O)[O-])n1. The third-order valence-corrected chi connectivity index (χ3v) is 3.33. The van der Waals surface area contributed by atoms with Crippen LogP contribution in [-0.2, 0) is 0 Å². The number of nitrogen functional groups attached to an aromatic ring is 1. The Kier molecular flexibility index (Phi) is 3.91. The average Bonchev–Trinajstić information content (AvgIpc) is 2.82. The van der Waals surface area contributed by atoms with Crippen LogP contribution in [0.3, 0.4) is 0 Å². The molecule has 0 aliphatic carbocycles. The lowest BCUT2D eigenvalue weighted by Gasteiger charge is -2.06. The van der Waals surface area contributed by atoms with Crippen molar-refractivity contribution in [1.29, 1.82) is 0 Å². The van der Waals surface area contributed by atoms with Gasteiger partial charge in [-0.1, -0.05) is 6.07 Å². The van der Waals surface area contributed by atoms with Crippen LogP contribution in [0.25, 0.3) is 0 Å². The van der Waals surface area contributed by atoms with Crippen molar-refractivity contribution in [3.05, 3.63) is 45.0 Å². The molecular weight excluding hydrogens is 282 g/mol. The Morgan fingerprint density at radius 3 is 2.80 bits per heavy atom. The Morgan fingerprint density at radius 2 is 2.25 bits per heavy atom. The van der Waals surface area contributed by atoms with Crippen LogP contribution in [0, 0.1) is 17.0 Å². The van der Waals surface area contributed by atoms with Gasteiger partial charge in [-0.3, -0.25) is 26.1 Å². The van der Waals surface area contributed by atoms with E-state index >= 15 is 0 Å². The molecule has 1 amide bonds. The molecule has 0 saturated carbocycles. The van der Waals surface area contributed by atoms with Gasteiger partial charge in [0.15, 0.2) is 5.13 Å². The lowest BCUT2D eigenvalue weighted by Crippen LogP contribution is -2.16. The minimum Gasteiger partial charge on any atom is -0.318 e. The number of nitro benzene ring substituents is 1. The number of anilines is 2. The number of carbonyl (C=O) groups excluding carboxylic acids is 1. The molecule has 0 aliphatic heterocycles. The van der Waals surface area contributed by atoms with E-state index in [1.165, 1.54) is 29.5 Å². The fraction of sp³-hybridized carbons (Fsp3) is 0.0909. The molecule has 0 spiro atoms. The predicted molar refractivity (Wildman–Crippen MR) is 75.7 cm³/mol. The van der Waals surface area contributed by atoms with Crippen molar-refractivity contribution < 1.29 is 9.72 Å². The minimum atomic E-state index is -0.656. The van der Waals surface area contributed by atoms with E-state index in [1.54, 1.807) is 12.3 Å². The zero-order valence-corrected chi connectivity index (χ0v) is 11.2. The highest BCUT2D eigenvalue weighted by Crippen LogP contribution is 2.28. The second kappa shape index (κ2) is 5.63. The number of aromatic nitrogens is 1. The van der Waals surface area contributed by atoms with Crippen molar-refractivity contribution in [2.75, 3.05) is 10.7 Å². The zero-order chi connectivity index (χ0) is 14.7. The van der Waals surface area contributed by atoms with Gasteiger partial charge in [0.1, 0.15) is 11.3 Å². The van der Waals surface area contributed by atoms with E-state index < -0.39 is 10.8 Å². The minimum absolute atomic E-state index is 0.0676. The van der Waals surface area contributed by atoms with Gasteiger partial charge in [0.05, 0.1) is 10.6 Å². The Balaban J connectivity index is 2.36. The van der Waals surface area contributed by atoms with Gasteiger partial charge < -0.3 is 5.43 Å². The number of nitrogens with one attached hydrogen (secondary N) is 2. The monoisotopic (exact) mass is 293 g/mol. The van der Waals surface area contributed by atoms with Crippen LogP contribution in [0.4, 0.5) is 16.5 Å². The molecule has 1 aromatic carbocycles. The van der Waals surface area contributed by atoms with E-state index in [2.05, 4.69) is 15.7 Å². The molecule has 0 atom stereocenters. The van der Waals surface area contributed by atoms with Crippen molar-refractivity contribution in [3.63, 3.8) is 0 Å². The molecule has 0 aliphatic rings. The van der Waals surface area contributed by atoms with E-state index in [0.29, 0.717) is 5.13 Å². The molecule has 0 radical (unpaired) electrons. The van der Waals surface area contributed by atoms with Crippen LogP contribution < -0.4 is 16.6 Å². The van der Waals surface area contributed by atoms with Crippen LogP contribution in [0.15, 0.2) is 23.6 Å². The first-order chi connectivity index (χ1) is 9.52. The van der Waals surface area contributed by atoms with Crippen molar-refractivity contribution >= 4 is 33.8 Å². The van der Waals surface area contributed by atoms with Gasteiger partial charge >= 0.3 is 5.69 Å². The summed E-state index contributed by atoms with van der Waals surface area (Å²) in [5.41, 5.74) is 2.58. The van der Waals surface area contributed by atoms with Crippen molar-refractivity contribution in [2.24, 2.45) is 5.84 Å². The van der Waals surface area contributed by atoms with Gasteiger partial charge in [-0.25, -0.2) is 4.98 Å². The van der Waals surface area contributed by atoms with Gasteiger partial charge in [0.25, 0.3) is 5.91 Å². The number of nitrogens with two attached hydrogens (primary N) is 1. The predicted octanol–water partition coefficient (Wildman–Crippen LogP) is 1.90. The summed E-state index contributed by atoms with van der Waals surface area (Å²) in [5.74, 6) is 4.61. The van der Waals surface area contributed by atoms with E-state index in [0.717, 1.165) is 5.69 Å². The summed E-state index contributed by atoms with van der Waals surface area (Å²) in [6.45, 7) is 1.79. The topological polar surface area (TPSA) is 123 Å². The number of hydrazine groups is 1. The number of nitro groups is 1. The number of amides is 1. The molecular formula is C11H11N5O3S. The fourth-order valence-electron chi connectivity index (χ4n) is 1.62. The molecule has 20 heavy (non-hydrogen) atoms. The standard InChI is InChI=1S/C11H11N5O3S/c1-6-5-20-11(13-6)14-10(17)7-3-2-4-8(15-12)9(7)16(18)19/h2-5,15H,12H2,1H3,(H,13,14,17). The van der Waals surface area contributed by atoms with E-state index in [9.17, 15) is 14.9 Å². The first-order valence-electron chi connectivity index (χ1n) is 5.50. The normalized spacial score (nSPS) is 10.1. The highest BCUT2D eigenvalue weighted by atomic mass is 32.1. The first kappa shape index (κ1) is 13.9. The van der Waals surface area contributed by atoms with E-state index in [-0.39, 0.29) is 16.9 Å². The van der Waals surface area contributed by atoms with Crippen LogP contribution in [0.2, 0.25) is 0 Å². The van der Waals surface area contributed by atoms with Gasteiger partial charge in [0, 0.05) is 5.38 Å². The molecule has 0 saturated heterocycles. The van der Waals surface area contributed by atoms with Gasteiger partial charge in [-0.2, -0.15) is 0 Å². The average molecular weight is 293 g/mol. The van der Waals surface area contributed by atoms with Crippen LogP contribution in [-0.4, -0.2) is 15.8 Å². The molecule has 0 bridgehead atoms. The number of thiazole rings is 1. The number of carbonyl (C=O) groups is 1. The Bertz CT molecular complexity index is 670. The van der Waals surface area contributed by atoms with Crippen LogP contribution in [0.1, 0.15) is 16.1 Å². The number of hydrogen-bond donors (Lipinski definition) is 3. The summed E-state index contributed by atoms with van der Waals surface area (Å²) in [7, 11) is 0. The molecule has 8 nitrogen and oxygen atoms in total. The summed E-state index contributed by atoms with van der Waals surface area (Å²) in [4.78, 5) is 26.6. The maximum absolute atomic E-state index is 12.1. The Labute approximate surface area is 117 Å². The second-order valence-corrected chi connectivity index (χ2v) is 4.71. The number of para-hydroxylation sites is 1. The summed E-state index contributed by atoms with van der Waals surface area (Å²) < 4.78 is 0. The number of benzene rings is 1. The molecule has 4 N–H and O–H groups in total. The number of aryl methyl sites for hydroxylation is 1. The smallest absolute Gasteiger partial charge is 0.306 e. The summed E-state index contributed by atoms with van der Waals surface area (Å²) in [6, 6.07) is 4.28. The van der Waals surface area contributed by atoms with Crippen molar-refractivity contribution in [1.82, 2.24) is 4.98 Å². The molecule has 104 valence electrons. The lowest BCUT2D eigenvalue weighted by atomic mass is 10.1. The van der Waals surface area contributed by atoms with Crippen LogP contribution in [0.5, 0.6) is 0 Å². The first-order valence-corrected chi connectivity index (χ1v) is 6.38. The third-order valence-electron chi connectivity index (χ3n) is 2.46. The molecule has 0 fully saturated rings. The van der Waals surface area contributed by atoms with Gasteiger partial charge in [-0.15, -0.1) is 11.3 Å². The quantitative estimate of drug-likeness (QED) is 0.449. The maximum Gasteiger partial charge on any atom is 0.306 e. The fourth-order valence-corrected chi connectivity index (χ4v) is 2.30. The number of nitrogens with zero attached hydrogens (tertiary/aromatic N) is 2. The third kappa shape index (κ3) is 2.73. The van der Waals surface area contributed by atoms with Gasteiger partial charge in [0.2, 0.25) is 0 Å². The van der Waals surface area contributed by atoms with Crippen molar-refractivity contribution in [2.45, 2.75) is 6.92 Å². The molecule has 9 heteroatoms. The molecule has 1 aromatic heterocycles. The molecule has 1 heterocycles. The molecule has 2 aromatic rings. The molecule has 2 rings (SSSR count). The highest BCUT2D eigenvalue weighted by molar-refractivity contribution is 7.13. The molecule has 0 unspecified atom stereocenters. The highest BCUT2D eigenvalue weighted by Gasteiger charge is 2.24. The second-order valence-electron chi connectivity index (χ2n) is 3.85. The number of rotatable bonds is 4. The van der Waals surface area contributed by atoms with Crippen molar-refractivity contribution in [3.8, 4) is 0 Å². The number of hydrogen-bond acceptors (Lipinski definition) is 7. The van der Waals surface area contributed by atoms with Crippen LogP contribution >= 0.6 is 11.3 Å². The van der Waals surface area contributed by atoms with E-state index in [1.807, 2.05) is 0 Å². The van der Waals surface area contributed by atoms with Gasteiger partial charge in [-0.05, 0) is 19.1 Å². The lowest BCUT2D eigenvalue weighted by molar-refractivity contribution is -0.384.